The van der Waals surface area contributed by atoms with Gasteiger partial charge < -0.3 is 25.3 Å². The summed E-state index contributed by atoms with van der Waals surface area (Å²) in [6, 6.07) is 16.9. The quantitative estimate of drug-likeness (QED) is 0.165. The van der Waals surface area contributed by atoms with Gasteiger partial charge in [-0.1, -0.05) is 67.6 Å². The van der Waals surface area contributed by atoms with Gasteiger partial charge in [0.15, 0.2) is 6.29 Å². The number of hydrogen-bond acceptors (Lipinski definition) is 7. The van der Waals surface area contributed by atoms with E-state index in [0.717, 1.165) is 37.7 Å². The molecule has 2 aromatic rings. The molecule has 8 nitrogen and oxygen atoms in total. The van der Waals surface area contributed by atoms with Crippen LogP contribution in [0.15, 0.2) is 79.9 Å². The van der Waals surface area contributed by atoms with Crippen LogP contribution in [0.4, 0.5) is 0 Å². The number of aldehydes is 1. The third-order valence-electron chi connectivity index (χ3n) is 4.24. The third kappa shape index (κ3) is 23.7. The lowest BCUT2D eigenvalue weighted by Gasteiger charge is -2.04. The molecule has 0 saturated carbocycles. The largest absolute Gasteiger partial charge is 0.489 e. The Bertz CT molecular complexity index is 843. The summed E-state index contributed by atoms with van der Waals surface area (Å²) in [5, 5.41) is 3.09. The van der Waals surface area contributed by atoms with E-state index in [9.17, 15) is 9.59 Å². The summed E-state index contributed by atoms with van der Waals surface area (Å²) >= 11 is 0. The third-order valence-corrected chi connectivity index (χ3v) is 4.24. The van der Waals surface area contributed by atoms with Gasteiger partial charge in [0, 0.05) is 13.5 Å². The van der Waals surface area contributed by atoms with Crippen molar-refractivity contribution in [3.05, 3.63) is 91.0 Å². The van der Waals surface area contributed by atoms with E-state index >= 15 is 0 Å². The summed E-state index contributed by atoms with van der Waals surface area (Å²) < 4.78 is 15.0. The summed E-state index contributed by atoms with van der Waals surface area (Å²) in [6.07, 6.45) is 8.00. The van der Waals surface area contributed by atoms with Crippen LogP contribution in [0.3, 0.4) is 0 Å². The number of unbranched alkanes of at least 4 members (excludes halogenated alkanes) is 2. The molecule has 0 aliphatic heterocycles. The number of carbonyl (C=O) groups excluding carboxylic acids is 3. The Balaban J connectivity index is 0. The Morgan fingerprint density at radius 3 is 2.11 bits per heavy atom. The summed E-state index contributed by atoms with van der Waals surface area (Å²) in [6.45, 7) is 9.42. The van der Waals surface area contributed by atoms with Gasteiger partial charge in [0.2, 0.25) is 6.41 Å². The van der Waals surface area contributed by atoms with Crippen LogP contribution in [-0.2, 0) is 25.7 Å². The van der Waals surface area contributed by atoms with Crippen molar-refractivity contribution in [2.75, 3.05) is 33.9 Å². The van der Waals surface area contributed by atoms with E-state index in [2.05, 4.69) is 28.9 Å². The van der Waals surface area contributed by atoms with Crippen molar-refractivity contribution in [2.24, 2.45) is 5.73 Å². The van der Waals surface area contributed by atoms with Crippen molar-refractivity contribution >= 4 is 18.7 Å². The molecule has 0 aliphatic rings. The van der Waals surface area contributed by atoms with E-state index in [-0.39, 0.29) is 12.4 Å². The second kappa shape index (κ2) is 28.5. The number of nitrogens with one attached hydrogen (secondary N) is 1. The number of ether oxygens (including phenoxy) is 3. The van der Waals surface area contributed by atoms with Crippen molar-refractivity contribution in [2.45, 2.75) is 32.3 Å². The van der Waals surface area contributed by atoms with Crippen molar-refractivity contribution in [1.29, 1.82) is 0 Å². The van der Waals surface area contributed by atoms with Crippen molar-refractivity contribution in [3.63, 3.8) is 0 Å². The van der Waals surface area contributed by atoms with E-state index in [1.807, 2.05) is 43.4 Å². The highest BCUT2D eigenvalue weighted by Gasteiger charge is 2.02. The van der Waals surface area contributed by atoms with E-state index < -0.39 is 0 Å². The zero-order valence-corrected chi connectivity index (χ0v) is 22.1. The number of carbonyl (C=O) groups is 3. The molecule has 0 bridgehead atoms. The van der Waals surface area contributed by atoms with Gasteiger partial charge in [0.05, 0.1) is 12.2 Å². The Kier molecular flexibility index (Phi) is 27.3. The summed E-state index contributed by atoms with van der Waals surface area (Å²) in [4.78, 5) is 30.5. The zero-order chi connectivity index (χ0) is 28.0. The minimum Gasteiger partial charge on any atom is -0.489 e. The minimum absolute atomic E-state index is 0.0988. The van der Waals surface area contributed by atoms with Gasteiger partial charge in [-0.3, -0.25) is 14.4 Å². The molecule has 2 aromatic carbocycles. The molecule has 0 spiro atoms. The molecule has 8 heteroatoms. The van der Waals surface area contributed by atoms with Crippen molar-refractivity contribution < 1.29 is 28.6 Å². The Morgan fingerprint density at radius 1 is 0.946 bits per heavy atom. The molecule has 3 N–H and O–H groups in total. The van der Waals surface area contributed by atoms with E-state index in [0.29, 0.717) is 37.6 Å². The highest BCUT2D eigenvalue weighted by Crippen LogP contribution is 2.15. The fourth-order valence-electron chi connectivity index (χ4n) is 2.53. The van der Waals surface area contributed by atoms with Crippen LogP contribution < -0.4 is 15.8 Å². The Labute approximate surface area is 221 Å². The number of rotatable bonds is 14. The molecular weight excluding hydrogens is 472 g/mol. The fraction of sp³-hybridized carbons (Fsp3) is 0.345. The molecule has 204 valence electrons. The fourth-order valence-corrected chi connectivity index (χ4v) is 2.53. The summed E-state index contributed by atoms with van der Waals surface area (Å²) in [5.74, 6) is 0.505. The highest BCUT2D eigenvalue weighted by atomic mass is 16.5. The first-order valence-corrected chi connectivity index (χ1v) is 11.9. The first-order valence-electron chi connectivity index (χ1n) is 11.9. The molecule has 0 aromatic heterocycles. The number of methoxy groups -OCH3 is 1. The number of hydrogen-bond donors (Lipinski definition) is 2. The number of amides is 1. The van der Waals surface area contributed by atoms with Gasteiger partial charge in [0.1, 0.15) is 19.0 Å². The van der Waals surface area contributed by atoms with Crippen LogP contribution in [0.2, 0.25) is 0 Å². The second-order valence-corrected chi connectivity index (χ2v) is 7.20. The van der Waals surface area contributed by atoms with Crippen molar-refractivity contribution in [3.8, 4) is 5.75 Å². The maximum Gasteiger partial charge on any atom is 0.306 e. The highest BCUT2D eigenvalue weighted by molar-refractivity contribution is 5.79. The zero-order valence-electron chi connectivity index (χ0n) is 22.1. The molecule has 2 rings (SSSR count). The molecule has 0 atom stereocenters. The van der Waals surface area contributed by atoms with Gasteiger partial charge in [-0.2, -0.15) is 0 Å². The monoisotopic (exact) mass is 514 g/mol. The number of para-hydroxylation sites is 1. The molecule has 0 radical (unpaired) electrons. The van der Waals surface area contributed by atoms with Crippen LogP contribution in [0, 0.1) is 0 Å². The van der Waals surface area contributed by atoms with Crippen LogP contribution in [-0.4, -0.2) is 52.6 Å². The SMILES string of the molecule is C=CCOC.C=CCOc1ccccc1C=O.CNCCCCCC(=O)OCc1ccccc1.NC=O. The first kappa shape index (κ1) is 35.4. The number of nitrogens with two attached hydrogens (primary N) is 1. The second-order valence-electron chi connectivity index (χ2n) is 7.20. The summed E-state index contributed by atoms with van der Waals surface area (Å²) in [7, 11) is 3.58. The van der Waals surface area contributed by atoms with Crippen molar-refractivity contribution in [1.82, 2.24) is 5.32 Å². The topological polar surface area (TPSA) is 117 Å². The first-order chi connectivity index (χ1) is 18.0. The lowest BCUT2D eigenvalue weighted by atomic mass is 10.2. The van der Waals surface area contributed by atoms with Crippen LogP contribution in [0.25, 0.3) is 0 Å². The molecule has 0 fully saturated rings. The van der Waals surface area contributed by atoms with Gasteiger partial charge >= 0.3 is 5.97 Å². The predicted molar refractivity (Wildman–Crippen MR) is 148 cm³/mol. The van der Waals surface area contributed by atoms with Crippen LogP contribution in [0.5, 0.6) is 5.75 Å². The Morgan fingerprint density at radius 2 is 1.57 bits per heavy atom. The predicted octanol–water partition coefficient (Wildman–Crippen LogP) is 4.49. The molecule has 0 saturated heterocycles. The number of primary amides is 1. The molecule has 1 amide bonds. The Hall–Kier alpha value is -3.75. The standard InChI is InChI=1S/C14H21NO2.C10H10O2.C4H8O.CH3NO/c1-15-11-7-3-6-10-14(16)17-12-13-8-4-2-5-9-13;1-2-7-12-10-6-4-3-5-9(10)8-11;1-3-4-5-2;2-1-3/h2,4-5,8-9,15H,3,6-7,10-12H2,1H3;2-6,8H,1,7H2;3H,1,4H2,2H3;1H,(H2,2,3). The number of esters is 1. The van der Waals surface area contributed by atoms with Gasteiger partial charge in [-0.05, 0) is 44.1 Å². The van der Waals surface area contributed by atoms with E-state index in [1.54, 1.807) is 37.5 Å². The van der Waals surface area contributed by atoms with Gasteiger partial charge in [-0.25, -0.2) is 0 Å². The van der Waals surface area contributed by atoms with Crippen LogP contribution >= 0.6 is 0 Å². The maximum atomic E-state index is 11.4. The lowest BCUT2D eigenvalue weighted by molar-refractivity contribution is -0.145. The maximum absolute atomic E-state index is 11.4. The molecule has 37 heavy (non-hydrogen) atoms. The summed E-state index contributed by atoms with van der Waals surface area (Å²) in [5.41, 5.74) is 5.77. The number of benzene rings is 2. The van der Waals surface area contributed by atoms with Crippen LogP contribution in [0.1, 0.15) is 41.6 Å². The average molecular weight is 515 g/mol. The van der Waals surface area contributed by atoms with Gasteiger partial charge in [-0.15, -0.1) is 6.58 Å². The van der Waals surface area contributed by atoms with E-state index in [4.69, 9.17) is 14.3 Å². The van der Waals surface area contributed by atoms with E-state index in [1.165, 1.54) is 0 Å². The normalized spacial score (nSPS) is 8.92. The molecule has 0 heterocycles. The van der Waals surface area contributed by atoms with Gasteiger partial charge in [0.25, 0.3) is 0 Å². The molecule has 0 aliphatic carbocycles. The lowest BCUT2D eigenvalue weighted by Crippen LogP contribution is -2.08. The minimum atomic E-state index is -0.0988. The molecular formula is C29H42N2O6. The molecule has 0 unspecified atom stereocenters. The average Bonchev–Trinajstić information content (AvgIpc) is 2.93. The smallest absolute Gasteiger partial charge is 0.306 e.